The predicted molar refractivity (Wildman–Crippen MR) is 55.0 cm³/mol. The first-order valence-corrected chi connectivity index (χ1v) is 5.23. The van der Waals surface area contributed by atoms with Crippen LogP contribution in [-0.2, 0) is 4.74 Å². The fourth-order valence-electron chi connectivity index (χ4n) is 1.52. The number of nitrogens with zero attached hydrogens (tertiary/aromatic N) is 1. The molecular weight excluding hydrogens is 164 g/mol. The van der Waals surface area contributed by atoms with Crippen LogP contribution in [0.3, 0.4) is 0 Å². The van der Waals surface area contributed by atoms with Gasteiger partial charge in [-0.2, -0.15) is 0 Å². The smallest absolute Gasteiger partial charge is 0.0963 e. The molecule has 1 atom stereocenters. The van der Waals surface area contributed by atoms with Crippen LogP contribution in [-0.4, -0.2) is 25.1 Å². The minimum absolute atomic E-state index is 0.328. The van der Waals surface area contributed by atoms with Crippen molar-refractivity contribution in [3.05, 3.63) is 0 Å². The quantitative estimate of drug-likeness (QED) is 0.534. The molecule has 0 aromatic heterocycles. The second kappa shape index (κ2) is 5.97. The molecule has 0 radical (unpaired) electrons. The third kappa shape index (κ3) is 4.27. The van der Waals surface area contributed by atoms with E-state index in [1.807, 2.05) is 0 Å². The van der Waals surface area contributed by atoms with Gasteiger partial charge in [-0.15, -0.1) is 0 Å². The molecule has 76 valence electrons. The Bertz CT molecular complexity index is 162. The van der Waals surface area contributed by atoms with E-state index in [0.29, 0.717) is 6.10 Å². The van der Waals surface area contributed by atoms with Crippen LogP contribution >= 0.6 is 0 Å². The lowest BCUT2D eigenvalue weighted by atomic mass is 10.1. The SMILES string of the molecule is CCCN=C(N)CC1CCCCO1. The van der Waals surface area contributed by atoms with Gasteiger partial charge < -0.3 is 10.5 Å². The van der Waals surface area contributed by atoms with Gasteiger partial charge in [-0.25, -0.2) is 0 Å². The second-order valence-corrected chi connectivity index (χ2v) is 3.57. The van der Waals surface area contributed by atoms with Crippen LogP contribution in [0.1, 0.15) is 39.0 Å². The summed E-state index contributed by atoms with van der Waals surface area (Å²) in [7, 11) is 0. The van der Waals surface area contributed by atoms with Gasteiger partial charge in [0, 0.05) is 19.6 Å². The van der Waals surface area contributed by atoms with Gasteiger partial charge in [0.1, 0.15) is 0 Å². The third-order valence-corrected chi connectivity index (χ3v) is 2.25. The van der Waals surface area contributed by atoms with Gasteiger partial charge in [0.05, 0.1) is 11.9 Å². The molecule has 1 rings (SSSR count). The molecule has 0 saturated carbocycles. The molecule has 0 bridgehead atoms. The number of ether oxygens (including phenoxy) is 1. The Morgan fingerprint density at radius 3 is 3.00 bits per heavy atom. The van der Waals surface area contributed by atoms with Gasteiger partial charge >= 0.3 is 0 Å². The van der Waals surface area contributed by atoms with Crippen molar-refractivity contribution in [2.75, 3.05) is 13.2 Å². The standard InChI is InChI=1S/C10H20N2O/c1-2-6-12-10(11)8-9-5-3-4-7-13-9/h9H,2-8H2,1H3,(H2,11,12). The van der Waals surface area contributed by atoms with Crippen LogP contribution in [0.15, 0.2) is 4.99 Å². The van der Waals surface area contributed by atoms with Crippen molar-refractivity contribution in [1.29, 1.82) is 0 Å². The van der Waals surface area contributed by atoms with Gasteiger partial charge in [-0.05, 0) is 25.7 Å². The zero-order chi connectivity index (χ0) is 9.52. The van der Waals surface area contributed by atoms with E-state index in [1.54, 1.807) is 0 Å². The summed E-state index contributed by atoms with van der Waals surface area (Å²) in [5.41, 5.74) is 5.76. The zero-order valence-electron chi connectivity index (χ0n) is 8.46. The second-order valence-electron chi connectivity index (χ2n) is 3.57. The highest BCUT2D eigenvalue weighted by atomic mass is 16.5. The van der Waals surface area contributed by atoms with E-state index in [4.69, 9.17) is 10.5 Å². The Kier molecular flexibility index (Phi) is 4.83. The maximum atomic E-state index is 5.76. The number of hydrogen-bond donors (Lipinski definition) is 1. The van der Waals surface area contributed by atoms with Crippen molar-refractivity contribution in [2.45, 2.75) is 45.1 Å². The molecule has 1 fully saturated rings. The highest BCUT2D eigenvalue weighted by molar-refractivity contribution is 5.80. The summed E-state index contributed by atoms with van der Waals surface area (Å²) in [4.78, 5) is 4.25. The van der Waals surface area contributed by atoms with Gasteiger partial charge in [0.2, 0.25) is 0 Å². The van der Waals surface area contributed by atoms with Gasteiger partial charge in [-0.1, -0.05) is 6.92 Å². The molecule has 3 heteroatoms. The van der Waals surface area contributed by atoms with Crippen LogP contribution in [0, 0.1) is 0 Å². The summed E-state index contributed by atoms with van der Waals surface area (Å²) in [6.45, 7) is 3.85. The van der Waals surface area contributed by atoms with Crippen molar-refractivity contribution in [3.63, 3.8) is 0 Å². The molecule has 0 amide bonds. The molecule has 1 saturated heterocycles. The molecular formula is C10H20N2O. The lowest BCUT2D eigenvalue weighted by Crippen LogP contribution is -2.26. The van der Waals surface area contributed by atoms with Crippen molar-refractivity contribution in [3.8, 4) is 0 Å². The molecule has 3 nitrogen and oxygen atoms in total. The van der Waals surface area contributed by atoms with Crippen LogP contribution in [0.2, 0.25) is 0 Å². The number of amidine groups is 1. The fourth-order valence-corrected chi connectivity index (χ4v) is 1.52. The molecule has 0 aromatic carbocycles. The average Bonchev–Trinajstić information content (AvgIpc) is 2.16. The van der Waals surface area contributed by atoms with E-state index < -0.39 is 0 Å². The summed E-state index contributed by atoms with van der Waals surface area (Å²) < 4.78 is 5.57. The number of aliphatic imine (C=N–C) groups is 1. The lowest BCUT2D eigenvalue weighted by Gasteiger charge is -2.22. The summed E-state index contributed by atoms with van der Waals surface area (Å²) in [5, 5.41) is 0. The normalized spacial score (nSPS) is 24.7. The molecule has 2 N–H and O–H groups in total. The molecule has 1 aliphatic heterocycles. The molecule has 13 heavy (non-hydrogen) atoms. The van der Waals surface area contributed by atoms with Crippen LogP contribution in [0.5, 0.6) is 0 Å². The first-order valence-electron chi connectivity index (χ1n) is 5.23. The first kappa shape index (κ1) is 10.5. The van der Waals surface area contributed by atoms with E-state index in [-0.39, 0.29) is 0 Å². The van der Waals surface area contributed by atoms with Crippen LogP contribution < -0.4 is 5.73 Å². The topological polar surface area (TPSA) is 47.6 Å². The number of rotatable bonds is 4. The fraction of sp³-hybridized carbons (Fsp3) is 0.900. The van der Waals surface area contributed by atoms with E-state index in [2.05, 4.69) is 11.9 Å². The van der Waals surface area contributed by atoms with Crippen molar-refractivity contribution in [2.24, 2.45) is 10.7 Å². The van der Waals surface area contributed by atoms with Crippen molar-refractivity contribution >= 4 is 5.84 Å². The van der Waals surface area contributed by atoms with E-state index >= 15 is 0 Å². The van der Waals surface area contributed by atoms with Crippen molar-refractivity contribution in [1.82, 2.24) is 0 Å². The molecule has 0 aliphatic carbocycles. The van der Waals surface area contributed by atoms with E-state index in [1.165, 1.54) is 12.8 Å². The first-order chi connectivity index (χ1) is 6.33. The summed E-state index contributed by atoms with van der Waals surface area (Å²) in [5.74, 6) is 0.758. The van der Waals surface area contributed by atoms with Gasteiger partial charge in [0.25, 0.3) is 0 Å². The maximum absolute atomic E-state index is 5.76. The lowest BCUT2D eigenvalue weighted by molar-refractivity contribution is 0.0209. The number of hydrogen-bond acceptors (Lipinski definition) is 2. The van der Waals surface area contributed by atoms with Crippen molar-refractivity contribution < 1.29 is 4.74 Å². The average molecular weight is 184 g/mol. The minimum atomic E-state index is 0.328. The monoisotopic (exact) mass is 184 g/mol. The molecule has 1 aliphatic rings. The molecule has 0 aromatic rings. The largest absolute Gasteiger partial charge is 0.387 e. The maximum Gasteiger partial charge on any atom is 0.0963 e. The highest BCUT2D eigenvalue weighted by Gasteiger charge is 2.14. The molecule has 0 spiro atoms. The summed E-state index contributed by atoms with van der Waals surface area (Å²) >= 11 is 0. The van der Waals surface area contributed by atoms with Gasteiger partial charge in [-0.3, -0.25) is 4.99 Å². The molecule has 1 unspecified atom stereocenters. The Morgan fingerprint density at radius 2 is 2.38 bits per heavy atom. The molecule has 1 heterocycles. The van der Waals surface area contributed by atoms with Gasteiger partial charge in [0.15, 0.2) is 0 Å². The highest BCUT2D eigenvalue weighted by Crippen LogP contribution is 2.15. The van der Waals surface area contributed by atoms with Crippen LogP contribution in [0.25, 0.3) is 0 Å². The van der Waals surface area contributed by atoms with E-state index in [9.17, 15) is 0 Å². The Morgan fingerprint density at radius 1 is 1.54 bits per heavy atom. The zero-order valence-corrected chi connectivity index (χ0v) is 8.46. The summed E-state index contributed by atoms with van der Waals surface area (Å²) in [6.07, 6.45) is 5.82. The Hall–Kier alpha value is -0.570. The number of nitrogens with two attached hydrogens (primary N) is 1. The van der Waals surface area contributed by atoms with E-state index in [0.717, 1.165) is 38.2 Å². The Labute approximate surface area is 80.4 Å². The van der Waals surface area contributed by atoms with Crippen LogP contribution in [0.4, 0.5) is 0 Å². The third-order valence-electron chi connectivity index (χ3n) is 2.25. The predicted octanol–water partition coefficient (Wildman–Crippen LogP) is 1.71. The minimum Gasteiger partial charge on any atom is -0.387 e. The Balaban J connectivity index is 2.21. The summed E-state index contributed by atoms with van der Waals surface area (Å²) in [6, 6.07) is 0.